The number of piperidine rings is 1. The fourth-order valence-corrected chi connectivity index (χ4v) is 3.45. The Balaban J connectivity index is 1.64. The molecule has 1 saturated carbocycles. The van der Waals surface area contributed by atoms with Gasteiger partial charge in [-0.3, -0.25) is 0 Å². The Kier molecular flexibility index (Phi) is 6.64. The van der Waals surface area contributed by atoms with Crippen LogP contribution in [0.15, 0.2) is 0 Å². The standard InChI is InChI=1S/C16H31N3O/c1-14(13-19-11-7-4-8-12-19)17-16(20)18-15-9-5-2-3-6-10-15/h14-15H,2-13H2,1H3,(H2,17,18,20). The molecule has 0 spiro atoms. The number of nitrogens with one attached hydrogen (secondary N) is 2. The van der Waals surface area contributed by atoms with Crippen LogP contribution in [-0.4, -0.2) is 42.6 Å². The van der Waals surface area contributed by atoms with E-state index in [0.29, 0.717) is 6.04 Å². The van der Waals surface area contributed by atoms with Crippen LogP contribution in [0, 0.1) is 0 Å². The largest absolute Gasteiger partial charge is 0.335 e. The Morgan fingerprint density at radius 3 is 2.30 bits per heavy atom. The van der Waals surface area contributed by atoms with Crippen LogP contribution in [0.2, 0.25) is 0 Å². The summed E-state index contributed by atoms with van der Waals surface area (Å²) in [5.41, 5.74) is 0. The van der Waals surface area contributed by atoms with Gasteiger partial charge in [-0.1, -0.05) is 32.1 Å². The van der Waals surface area contributed by atoms with Crippen molar-refractivity contribution in [3.63, 3.8) is 0 Å². The highest BCUT2D eigenvalue weighted by Gasteiger charge is 2.17. The second kappa shape index (κ2) is 8.50. The predicted octanol–water partition coefficient (Wildman–Crippen LogP) is 2.88. The maximum Gasteiger partial charge on any atom is 0.315 e. The van der Waals surface area contributed by atoms with Crippen molar-refractivity contribution in [2.24, 2.45) is 0 Å². The van der Waals surface area contributed by atoms with Crippen LogP contribution >= 0.6 is 0 Å². The van der Waals surface area contributed by atoms with Crippen molar-refractivity contribution < 1.29 is 4.79 Å². The van der Waals surface area contributed by atoms with Gasteiger partial charge in [-0.2, -0.15) is 0 Å². The number of amides is 2. The SMILES string of the molecule is CC(CN1CCCCC1)NC(=O)NC1CCCCCC1. The summed E-state index contributed by atoms with van der Waals surface area (Å²) in [5.74, 6) is 0. The van der Waals surface area contributed by atoms with E-state index in [4.69, 9.17) is 0 Å². The van der Waals surface area contributed by atoms with E-state index in [2.05, 4.69) is 22.5 Å². The first-order valence-corrected chi connectivity index (χ1v) is 8.53. The molecule has 0 aromatic heterocycles. The van der Waals surface area contributed by atoms with Gasteiger partial charge in [0.1, 0.15) is 0 Å². The average molecular weight is 281 g/mol. The maximum atomic E-state index is 12.0. The molecular weight excluding hydrogens is 250 g/mol. The Labute approximate surface area is 123 Å². The van der Waals surface area contributed by atoms with E-state index >= 15 is 0 Å². The topological polar surface area (TPSA) is 44.4 Å². The van der Waals surface area contributed by atoms with E-state index in [1.165, 1.54) is 58.0 Å². The molecule has 116 valence electrons. The summed E-state index contributed by atoms with van der Waals surface area (Å²) in [6.45, 7) is 5.48. The molecule has 2 amide bonds. The van der Waals surface area contributed by atoms with E-state index in [0.717, 1.165) is 19.4 Å². The Morgan fingerprint density at radius 1 is 1.05 bits per heavy atom. The quantitative estimate of drug-likeness (QED) is 0.778. The zero-order valence-corrected chi connectivity index (χ0v) is 13.0. The van der Waals surface area contributed by atoms with Crippen molar-refractivity contribution in [3.05, 3.63) is 0 Å². The van der Waals surface area contributed by atoms with Crippen LogP contribution in [0.1, 0.15) is 64.7 Å². The van der Waals surface area contributed by atoms with Crippen LogP contribution in [0.25, 0.3) is 0 Å². The van der Waals surface area contributed by atoms with Gasteiger partial charge >= 0.3 is 6.03 Å². The van der Waals surface area contributed by atoms with Gasteiger partial charge < -0.3 is 15.5 Å². The number of urea groups is 1. The lowest BCUT2D eigenvalue weighted by atomic mass is 10.1. The third kappa shape index (κ3) is 5.70. The minimum atomic E-state index is 0.0291. The lowest BCUT2D eigenvalue weighted by molar-refractivity contribution is 0.201. The normalized spacial score (nSPS) is 23.9. The molecule has 0 bridgehead atoms. The molecule has 0 radical (unpaired) electrons. The van der Waals surface area contributed by atoms with Crippen molar-refractivity contribution in [2.45, 2.75) is 76.8 Å². The smallest absolute Gasteiger partial charge is 0.315 e. The van der Waals surface area contributed by atoms with E-state index in [-0.39, 0.29) is 12.1 Å². The van der Waals surface area contributed by atoms with Gasteiger partial charge in [0.05, 0.1) is 0 Å². The van der Waals surface area contributed by atoms with Crippen LogP contribution in [0.3, 0.4) is 0 Å². The second-order valence-corrected chi connectivity index (χ2v) is 6.57. The summed E-state index contributed by atoms with van der Waals surface area (Å²) < 4.78 is 0. The number of likely N-dealkylation sites (tertiary alicyclic amines) is 1. The highest BCUT2D eigenvalue weighted by atomic mass is 16.2. The lowest BCUT2D eigenvalue weighted by Crippen LogP contribution is -2.49. The molecule has 1 atom stereocenters. The molecule has 2 aliphatic rings. The number of carbonyl (C=O) groups is 1. The molecule has 1 heterocycles. The van der Waals surface area contributed by atoms with Crippen molar-refractivity contribution in [1.82, 2.24) is 15.5 Å². The highest BCUT2D eigenvalue weighted by Crippen LogP contribution is 2.17. The Morgan fingerprint density at radius 2 is 1.65 bits per heavy atom. The minimum absolute atomic E-state index is 0.0291. The van der Waals surface area contributed by atoms with Crippen LogP contribution in [-0.2, 0) is 0 Å². The van der Waals surface area contributed by atoms with E-state index in [9.17, 15) is 4.79 Å². The Hall–Kier alpha value is -0.770. The van der Waals surface area contributed by atoms with E-state index < -0.39 is 0 Å². The molecule has 1 unspecified atom stereocenters. The van der Waals surface area contributed by atoms with Crippen molar-refractivity contribution in [2.75, 3.05) is 19.6 Å². The third-order valence-electron chi connectivity index (χ3n) is 4.55. The van der Waals surface area contributed by atoms with Crippen molar-refractivity contribution in [1.29, 1.82) is 0 Å². The third-order valence-corrected chi connectivity index (χ3v) is 4.55. The molecule has 1 aliphatic carbocycles. The van der Waals surface area contributed by atoms with Gasteiger partial charge in [0, 0.05) is 18.6 Å². The predicted molar refractivity (Wildman–Crippen MR) is 82.9 cm³/mol. The number of rotatable bonds is 4. The first kappa shape index (κ1) is 15.6. The molecule has 2 rings (SSSR count). The lowest BCUT2D eigenvalue weighted by Gasteiger charge is -2.29. The first-order chi connectivity index (χ1) is 9.74. The highest BCUT2D eigenvalue weighted by molar-refractivity contribution is 5.74. The summed E-state index contributed by atoms with van der Waals surface area (Å²) in [6, 6.07) is 0.653. The number of hydrogen-bond acceptors (Lipinski definition) is 2. The molecule has 2 fully saturated rings. The molecule has 4 nitrogen and oxygen atoms in total. The van der Waals surface area contributed by atoms with Crippen LogP contribution in [0.4, 0.5) is 4.79 Å². The fraction of sp³-hybridized carbons (Fsp3) is 0.938. The van der Waals surface area contributed by atoms with Gasteiger partial charge in [-0.05, 0) is 45.7 Å². The number of hydrogen-bond donors (Lipinski definition) is 2. The van der Waals surface area contributed by atoms with Gasteiger partial charge in [0.25, 0.3) is 0 Å². The molecule has 20 heavy (non-hydrogen) atoms. The zero-order chi connectivity index (χ0) is 14.2. The molecule has 1 saturated heterocycles. The number of carbonyl (C=O) groups excluding carboxylic acids is 1. The summed E-state index contributed by atoms with van der Waals surface area (Å²) in [4.78, 5) is 14.5. The average Bonchev–Trinajstić information content (AvgIpc) is 2.68. The van der Waals surface area contributed by atoms with Gasteiger partial charge in [-0.25, -0.2) is 4.79 Å². The molecule has 2 N–H and O–H groups in total. The van der Waals surface area contributed by atoms with Crippen LogP contribution < -0.4 is 10.6 Å². The monoisotopic (exact) mass is 281 g/mol. The van der Waals surface area contributed by atoms with E-state index in [1.54, 1.807) is 0 Å². The maximum absolute atomic E-state index is 12.0. The summed E-state index contributed by atoms with van der Waals surface area (Å²) in [5, 5.41) is 6.26. The number of nitrogens with zero attached hydrogens (tertiary/aromatic N) is 1. The molecule has 1 aliphatic heterocycles. The van der Waals surface area contributed by atoms with Gasteiger partial charge in [0.2, 0.25) is 0 Å². The van der Waals surface area contributed by atoms with Gasteiger partial charge in [-0.15, -0.1) is 0 Å². The minimum Gasteiger partial charge on any atom is -0.335 e. The van der Waals surface area contributed by atoms with Crippen molar-refractivity contribution >= 4 is 6.03 Å². The summed E-state index contributed by atoms with van der Waals surface area (Å²) in [6.07, 6.45) is 11.4. The molecule has 4 heteroatoms. The molecular formula is C16H31N3O. The summed E-state index contributed by atoms with van der Waals surface area (Å²) in [7, 11) is 0. The van der Waals surface area contributed by atoms with Crippen molar-refractivity contribution in [3.8, 4) is 0 Å². The summed E-state index contributed by atoms with van der Waals surface area (Å²) >= 11 is 0. The Bertz CT molecular complexity index is 281. The first-order valence-electron chi connectivity index (χ1n) is 8.53. The molecule has 0 aromatic carbocycles. The van der Waals surface area contributed by atoms with Gasteiger partial charge in [0.15, 0.2) is 0 Å². The zero-order valence-electron chi connectivity index (χ0n) is 13.0. The second-order valence-electron chi connectivity index (χ2n) is 6.57. The molecule has 0 aromatic rings. The van der Waals surface area contributed by atoms with E-state index in [1.807, 2.05) is 0 Å². The van der Waals surface area contributed by atoms with Crippen LogP contribution in [0.5, 0.6) is 0 Å². The fourth-order valence-electron chi connectivity index (χ4n) is 3.45.